The summed E-state index contributed by atoms with van der Waals surface area (Å²) in [6.45, 7) is 8.31. The van der Waals surface area contributed by atoms with E-state index in [4.69, 9.17) is 11.0 Å². The summed E-state index contributed by atoms with van der Waals surface area (Å²) in [5.74, 6) is -0.472. The van der Waals surface area contributed by atoms with Gasteiger partial charge in [0.25, 0.3) is 5.91 Å². The first kappa shape index (κ1) is 16.1. The largest absolute Gasteiger partial charge is 0.399 e. The molecule has 0 saturated heterocycles. The van der Waals surface area contributed by atoms with Crippen LogP contribution in [0, 0.1) is 11.3 Å². The summed E-state index contributed by atoms with van der Waals surface area (Å²) in [5.41, 5.74) is 6.77. The van der Waals surface area contributed by atoms with Gasteiger partial charge in [0.2, 0.25) is 0 Å². The van der Waals surface area contributed by atoms with E-state index in [1.807, 2.05) is 6.07 Å². The lowest BCUT2D eigenvalue weighted by atomic mass is 10.2. The number of anilines is 2. The van der Waals surface area contributed by atoms with Gasteiger partial charge in [0.1, 0.15) is 11.6 Å². The second kappa shape index (κ2) is 8.23. The first-order valence-electron chi connectivity index (χ1n) is 6.35. The van der Waals surface area contributed by atoms with Crippen LogP contribution in [0.5, 0.6) is 0 Å². The van der Waals surface area contributed by atoms with Gasteiger partial charge in [-0.25, -0.2) is 0 Å². The number of amides is 1. The van der Waals surface area contributed by atoms with E-state index in [-0.39, 0.29) is 5.57 Å². The highest BCUT2D eigenvalue weighted by Gasteiger charge is 2.10. The standard InChI is InChI=1S/C16H18N4O/c1-3-9-20(10-4-2)12-13(11-17)16(21)19-15-7-5-14(18)6-8-15/h3-8,12H,1-2,9-10,18H2,(H,19,21)/b13-12-. The molecule has 1 amide bonds. The van der Waals surface area contributed by atoms with Gasteiger partial charge in [0.15, 0.2) is 0 Å². The zero-order valence-corrected chi connectivity index (χ0v) is 11.7. The molecule has 108 valence electrons. The number of benzene rings is 1. The molecule has 0 atom stereocenters. The molecule has 0 spiro atoms. The van der Waals surface area contributed by atoms with E-state index in [1.54, 1.807) is 41.3 Å². The number of rotatable bonds is 7. The average molecular weight is 282 g/mol. The summed E-state index contributed by atoms with van der Waals surface area (Å²) in [4.78, 5) is 13.8. The third-order valence-electron chi connectivity index (χ3n) is 2.57. The van der Waals surface area contributed by atoms with Crippen molar-refractivity contribution in [2.24, 2.45) is 0 Å². The second-order valence-electron chi connectivity index (χ2n) is 4.26. The Morgan fingerprint density at radius 1 is 1.29 bits per heavy atom. The average Bonchev–Trinajstić information content (AvgIpc) is 2.47. The van der Waals surface area contributed by atoms with Crippen molar-refractivity contribution in [2.45, 2.75) is 0 Å². The van der Waals surface area contributed by atoms with Gasteiger partial charge < -0.3 is 16.0 Å². The molecule has 5 nitrogen and oxygen atoms in total. The Kier molecular flexibility index (Phi) is 6.29. The number of nitrogens with two attached hydrogens (primary N) is 1. The molecule has 0 aromatic heterocycles. The van der Waals surface area contributed by atoms with Crippen molar-refractivity contribution in [3.05, 3.63) is 61.3 Å². The number of nitrogens with zero attached hydrogens (tertiary/aromatic N) is 2. The summed E-state index contributed by atoms with van der Waals surface area (Å²) in [6, 6.07) is 8.59. The molecule has 0 aliphatic rings. The molecular formula is C16H18N4O. The molecule has 0 unspecified atom stereocenters. The predicted molar refractivity (Wildman–Crippen MR) is 85.1 cm³/mol. The number of hydrogen-bond donors (Lipinski definition) is 2. The molecule has 0 saturated carbocycles. The van der Waals surface area contributed by atoms with Gasteiger partial charge in [-0.2, -0.15) is 5.26 Å². The topological polar surface area (TPSA) is 82.2 Å². The molecule has 0 bridgehead atoms. The van der Waals surface area contributed by atoms with E-state index in [0.717, 1.165) is 0 Å². The highest BCUT2D eigenvalue weighted by Crippen LogP contribution is 2.12. The van der Waals surface area contributed by atoms with E-state index in [2.05, 4.69) is 18.5 Å². The molecule has 3 N–H and O–H groups in total. The van der Waals surface area contributed by atoms with E-state index in [1.165, 1.54) is 6.20 Å². The highest BCUT2D eigenvalue weighted by molar-refractivity contribution is 6.06. The molecule has 1 aromatic rings. The van der Waals surface area contributed by atoms with Crippen LogP contribution < -0.4 is 11.1 Å². The van der Waals surface area contributed by atoms with Gasteiger partial charge in [-0.05, 0) is 24.3 Å². The Morgan fingerprint density at radius 3 is 2.33 bits per heavy atom. The molecule has 1 rings (SSSR count). The number of carbonyl (C=O) groups excluding carboxylic acids is 1. The molecule has 0 radical (unpaired) electrons. The lowest BCUT2D eigenvalue weighted by Gasteiger charge is -2.16. The van der Waals surface area contributed by atoms with Crippen molar-refractivity contribution < 1.29 is 4.79 Å². The van der Waals surface area contributed by atoms with Crippen molar-refractivity contribution in [1.82, 2.24) is 4.90 Å². The van der Waals surface area contributed by atoms with Crippen LogP contribution in [0.15, 0.2) is 61.3 Å². The number of hydrogen-bond acceptors (Lipinski definition) is 4. The molecular weight excluding hydrogens is 264 g/mol. The van der Waals surface area contributed by atoms with Crippen molar-refractivity contribution in [3.8, 4) is 6.07 Å². The minimum absolute atomic E-state index is 0.00975. The van der Waals surface area contributed by atoms with Crippen molar-refractivity contribution in [2.75, 3.05) is 24.1 Å². The van der Waals surface area contributed by atoms with Crippen molar-refractivity contribution in [1.29, 1.82) is 5.26 Å². The van der Waals surface area contributed by atoms with Crippen LogP contribution in [-0.4, -0.2) is 23.9 Å². The Morgan fingerprint density at radius 2 is 1.86 bits per heavy atom. The fourth-order valence-electron chi connectivity index (χ4n) is 1.60. The summed E-state index contributed by atoms with van der Waals surface area (Å²) in [6.07, 6.45) is 4.87. The van der Waals surface area contributed by atoms with Crippen LogP contribution in [-0.2, 0) is 4.79 Å². The van der Waals surface area contributed by atoms with E-state index < -0.39 is 5.91 Å². The van der Waals surface area contributed by atoms with Crippen LogP contribution in [0.4, 0.5) is 11.4 Å². The lowest BCUT2D eigenvalue weighted by molar-refractivity contribution is -0.112. The smallest absolute Gasteiger partial charge is 0.267 e. The van der Waals surface area contributed by atoms with Gasteiger partial charge in [0.05, 0.1) is 0 Å². The monoisotopic (exact) mass is 282 g/mol. The summed E-state index contributed by atoms with van der Waals surface area (Å²) in [5, 5.41) is 11.8. The Hall–Kier alpha value is -3.00. The molecule has 1 aromatic carbocycles. The summed E-state index contributed by atoms with van der Waals surface area (Å²) < 4.78 is 0. The van der Waals surface area contributed by atoms with E-state index in [9.17, 15) is 4.79 Å². The fraction of sp³-hybridized carbons (Fsp3) is 0.125. The van der Waals surface area contributed by atoms with Crippen molar-refractivity contribution >= 4 is 17.3 Å². The molecule has 0 fully saturated rings. The lowest BCUT2D eigenvalue weighted by Crippen LogP contribution is -2.21. The number of carbonyl (C=O) groups is 1. The molecule has 0 aliphatic carbocycles. The SMILES string of the molecule is C=CCN(/C=C(/C#N)C(=O)Nc1ccc(N)cc1)CC=C. The Bertz CT molecular complexity index is 571. The van der Waals surface area contributed by atoms with Crippen LogP contribution in [0.2, 0.25) is 0 Å². The third kappa shape index (κ3) is 5.25. The van der Waals surface area contributed by atoms with Gasteiger partial charge in [-0.1, -0.05) is 12.2 Å². The summed E-state index contributed by atoms with van der Waals surface area (Å²) in [7, 11) is 0. The first-order valence-corrected chi connectivity index (χ1v) is 6.35. The summed E-state index contributed by atoms with van der Waals surface area (Å²) >= 11 is 0. The number of nitriles is 1. The number of nitrogens with one attached hydrogen (secondary N) is 1. The van der Waals surface area contributed by atoms with Crippen molar-refractivity contribution in [3.63, 3.8) is 0 Å². The predicted octanol–water partition coefficient (Wildman–Crippen LogP) is 2.29. The third-order valence-corrected chi connectivity index (χ3v) is 2.57. The van der Waals surface area contributed by atoms with Crippen LogP contribution >= 0.6 is 0 Å². The maximum absolute atomic E-state index is 12.1. The fourth-order valence-corrected chi connectivity index (χ4v) is 1.60. The molecule has 0 heterocycles. The Labute approximate surface area is 124 Å². The minimum atomic E-state index is -0.472. The van der Waals surface area contributed by atoms with Gasteiger partial charge >= 0.3 is 0 Å². The van der Waals surface area contributed by atoms with Crippen LogP contribution in [0.3, 0.4) is 0 Å². The highest BCUT2D eigenvalue weighted by atomic mass is 16.1. The zero-order valence-electron chi connectivity index (χ0n) is 11.7. The maximum Gasteiger partial charge on any atom is 0.267 e. The number of nitrogen functional groups attached to an aromatic ring is 1. The molecule has 0 aliphatic heterocycles. The minimum Gasteiger partial charge on any atom is -0.399 e. The van der Waals surface area contributed by atoms with E-state index in [0.29, 0.717) is 24.5 Å². The molecule has 21 heavy (non-hydrogen) atoms. The van der Waals surface area contributed by atoms with Gasteiger partial charge in [-0.3, -0.25) is 4.79 Å². The first-order chi connectivity index (χ1) is 10.1. The zero-order chi connectivity index (χ0) is 15.7. The van der Waals surface area contributed by atoms with Gasteiger partial charge in [0, 0.05) is 30.7 Å². The van der Waals surface area contributed by atoms with Crippen LogP contribution in [0.1, 0.15) is 0 Å². The molecule has 5 heteroatoms. The maximum atomic E-state index is 12.1. The normalized spacial score (nSPS) is 10.3. The van der Waals surface area contributed by atoms with Gasteiger partial charge in [-0.15, -0.1) is 13.2 Å². The quantitative estimate of drug-likeness (QED) is 0.348. The second-order valence-corrected chi connectivity index (χ2v) is 4.26. The Balaban J connectivity index is 2.84. The van der Waals surface area contributed by atoms with E-state index >= 15 is 0 Å². The van der Waals surface area contributed by atoms with Crippen LogP contribution in [0.25, 0.3) is 0 Å².